The van der Waals surface area contributed by atoms with Crippen molar-refractivity contribution in [2.45, 2.75) is 72.6 Å². The van der Waals surface area contributed by atoms with Gasteiger partial charge in [-0.05, 0) is 82.9 Å². The molecule has 0 bridgehead atoms. The SMILES string of the molecule is COC(=O)[C@@H](OC(C)(C)C)c1c(C)c2c3c(cc(C)n3CCN2c2ccc(N3CCCC3=O)nn2)c1-c1ccc(C)cc1. The molecule has 0 N–H and O–H groups in total. The van der Waals surface area contributed by atoms with E-state index < -0.39 is 17.7 Å². The fourth-order valence-electron chi connectivity index (χ4n) is 6.46. The smallest absolute Gasteiger partial charge is 0.339 e. The van der Waals surface area contributed by atoms with Crippen LogP contribution in [0.25, 0.3) is 22.0 Å². The average Bonchev–Trinajstić information content (AvgIpc) is 3.56. The number of carbonyl (C=O) groups excluding carboxylic acids is 2. The van der Waals surface area contributed by atoms with Crippen molar-refractivity contribution >= 4 is 40.1 Å². The van der Waals surface area contributed by atoms with E-state index in [1.165, 1.54) is 7.11 Å². The van der Waals surface area contributed by atoms with Crippen LogP contribution in [0.15, 0.2) is 42.5 Å². The van der Waals surface area contributed by atoms with Crippen LogP contribution in [0.4, 0.5) is 17.3 Å². The molecule has 1 fully saturated rings. The molecule has 9 nitrogen and oxygen atoms in total. The lowest BCUT2D eigenvalue weighted by Gasteiger charge is -2.35. The van der Waals surface area contributed by atoms with Gasteiger partial charge in [0, 0.05) is 42.7 Å². The minimum Gasteiger partial charge on any atom is -0.467 e. The van der Waals surface area contributed by atoms with Crippen LogP contribution in [0.5, 0.6) is 0 Å². The quantitative estimate of drug-likeness (QED) is 0.246. The topological polar surface area (TPSA) is 89.8 Å². The van der Waals surface area contributed by atoms with Crippen LogP contribution in [0.1, 0.15) is 62.1 Å². The van der Waals surface area contributed by atoms with E-state index in [0.29, 0.717) is 31.1 Å². The number of amides is 1. The number of rotatable bonds is 6. The molecule has 9 heteroatoms. The van der Waals surface area contributed by atoms with Gasteiger partial charge in [0.2, 0.25) is 5.91 Å². The van der Waals surface area contributed by atoms with Crippen LogP contribution in [0, 0.1) is 20.8 Å². The highest BCUT2D eigenvalue weighted by Crippen LogP contribution is 2.49. The molecule has 4 heterocycles. The van der Waals surface area contributed by atoms with Crippen molar-refractivity contribution in [3.05, 3.63) is 64.8 Å². The van der Waals surface area contributed by atoms with E-state index in [2.05, 4.69) is 70.8 Å². The third-order valence-electron chi connectivity index (χ3n) is 8.40. The number of benzene rings is 2. The van der Waals surface area contributed by atoms with Crippen LogP contribution < -0.4 is 9.80 Å². The average molecular weight is 582 g/mol. The summed E-state index contributed by atoms with van der Waals surface area (Å²) in [4.78, 5) is 29.7. The number of ether oxygens (including phenoxy) is 2. The van der Waals surface area contributed by atoms with Crippen molar-refractivity contribution in [1.82, 2.24) is 14.8 Å². The third-order valence-corrected chi connectivity index (χ3v) is 8.40. The molecule has 0 spiro atoms. The molecule has 0 aliphatic carbocycles. The van der Waals surface area contributed by atoms with Gasteiger partial charge < -0.3 is 18.9 Å². The lowest BCUT2D eigenvalue weighted by Crippen LogP contribution is -2.32. The second-order valence-corrected chi connectivity index (χ2v) is 12.5. The Bertz CT molecular complexity index is 1720. The molecule has 6 rings (SSSR count). The molecular weight excluding hydrogens is 542 g/mol. The Kier molecular flexibility index (Phi) is 7.24. The van der Waals surface area contributed by atoms with Gasteiger partial charge in [-0.15, -0.1) is 10.2 Å². The summed E-state index contributed by atoms with van der Waals surface area (Å²) in [6.07, 6.45) is 0.414. The summed E-state index contributed by atoms with van der Waals surface area (Å²) < 4.78 is 14.2. The highest BCUT2D eigenvalue weighted by atomic mass is 16.6. The highest BCUT2D eigenvalue weighted by Gasteiger charge is 2.37. The molecule has 224 valence electrons. The normalized spacial score (nSPS) is 15.8. The lowest BCUT2D eigenvalue weighted by molar-refractivity contribution is -0.164. The fourth-order valence-corrected chi connectivity index (χ4v) is 6.46. The van der Waals surface area contributed by atoms with E-state index in [-0.39, 0.29) is 5.91 Å². The fraction of sp³-hybridized carbons (Fsp3) is 0.412. The Morgan fingerprint density at radius 1 is 0.930 bits per heavy atom. The molecule has 0 unspecified atom stereocenters. The third kappa shape index (κ3) is 5.05. The van der Waals surface area contributed by atoms with Gasteiger partial charge in [-0.3, -0.25) is 9.69 Å². The molecular formula is C34H39N5O4. The maximum absolute atomic E-state index is 13.5. The van der Waals surface area contributed by atoms with E-state index in [9.17, 15) is 9.59 Å². The van der Waals surface area contributed by atoms with E-state index in [1.54, 1.807) is 4.90 Å². The molecule has 0 radical (unpaired) electrons. The number of aromatic nitrogens is 3. The Morgan fingerprint density at radius 3 is 2.19 bits per heavy atom. The van der Waals surface area contributed by atoms with Gasteiger partial charge >= 0.3 is 5.97 Å². The molecule has 1 amide bonds. The molecule has 0 saturated carbocycles. The summed E-state index contributed by atoms with van der Waals surface area (Å²) in [5.41, 5.74) is 7.41. The van der Waals surface area contributed by atoms with Gasteiger partial charge in [0.15, 0.2) is 17.7 Å². The summed E-state index contributed by atoms with van der Waals surface area (Å²) in [6.45, 7) is 14.2. The van der Waals surface area contributed by atoms with E-state index in [4.69, 9.17) is 9.47 Å². The lowest BCUT2D eigenvalue weighted by atomic mass is 9.87. The Morgan fingerprint density at radius 2 is 1.60 bits per heavy atom. The van der Waals surface area contributed by atoms with Crippen molar-refractivity contribution in [1.29, 1.82) is 0 Å². The van der Waals surface area contributed by atoms with Gasteiger partial charge in [0.05, 0.1) is 23.9 Å². The van der Waals surface area contributed by atoms with E-state index in [1.807, 2.05) is 32.9 Å². The molecule has 2 aromatic carbocycles. The standard InChI is InChI=1S/C34H39N5O4/c1-20-10-12-23(13-11-20)29-24-19-21(2)37-17-18-39(26-15-14-25(35-36-26)38-16-8-9-27(38)40)30(31(24)37)22(3)28(29)32(33(41)42-7)43-34(4,5)6/h10-15,19,32H,8-9,16-18H2,1-7H3/t32-/m0/s1. The Hall–Kier alpha value is -4.24. The van der Waals surface area contributed by atoms with Gasteiger partial charge in [-0.1, -0.05) is 29.8 Å². The van der Waals surface area contributed by atoms with Crippen molar-refractivity contribution in [3.63, 3.8) is 0 Å². The van der Waals surface area contributed by atoms with Gasteiger partial charge in [0.25, 0.3) is 0 Å². The number of methoxy groups -OCH3 is 1. The van der Waals surface area contributed by atoms with Crippen LogP contribution in [0.2, 0.25) is 0 Å². The Balaban J connectivity index is 1.61. The van der Waals surface area contributed by atoms with Crippen LogP contribution >= 0.6 is 0 Å². The molecule has 2 aliphatic rings. The summed E-state index contributed by atoms with van der Waals surface area (Å²) in [7, 11) is 1.40. The van der Waals surface area contributed by atoms with Crippen LogP contribution in [-0.4, -0.2) is 52.4 Å². The molecule has 43 heavy (non-hydrogen) atoms. The summed E-state index contributed by atoms with van der Waals surface area (Å²) in [6, 6.07) is 14.4. The van der Waals surface area contributed by atoms with E-state index in [0.717, 1.165) is 63.1 Å². The maximum atomic E-state index is 13.5. The monoisotopic (exact) mass is 581 g/mol. The zero-order chi connectivity index (χ0) is 30.6. The number of hydrogen-bond donors (Lipinski definition) is 0. The number of esters is 1. The summed E-state index contributed by atoms with van der Waals surface area (Å²) in [5.74, 6) is 0.889. The number of aryl methyl sites for hydroxylation is 2. The molecule has 1 atom stereocenters. The highest BCUT2D eigenvalue weighted by molar-refractivity contribution is 6.08. The Labute approximate surface area is 252 Å². The second kappa shape index (κ2) is 10.8. The van der Waals surface area contributed by atoms with Gasteiger partial charge in [0.1, 0.15) is 0 Å². The molecule has 1 saturated heterocycles. The second-order valence-electron chi connectivity index (χ2n) is 12.5. The number of nitrogens with zero attached hydrogens (tertiary/aromatic N) is 5. The number of carbonyl (C=O) groups is 2. The van der Waals surface area contributed by atoms with E-state index >= 15 is 0 Å². The molecule has 2 aromatic heterocycles. The minimum absolute atomic E-state index is 0.0786. The molecule has 2 aliphatic heterocycles. The van der Waals surface area contributed by atoms with Crippen molar-refractivity contribution in [2.75, 3.05) is 30.0 Å². The summed E-state index contributed by atoms with van der Waals surface area (Å²) in [5, 5.41) is 10.1. The van der Waals surface area contributed by atoms with Crippen LogP contribution in [-0.2, 0) is 25.6 Å². The first-order valence-electron chi connectivity index (χ1n) is 14.9. The van der Waals surface area contributed by atoms with Crippen molar-refractivity contribution in [3.8, 4) is 11.1 Å². The number of anilines is 3. The maximum Gasteiger partial charge on any atom is 0.339 e. The molecule has 4 aromatic rings. The number of hydrogen-bond acceptors (Lipinski definition) is 7. The van der Waals surface area contributed by atoms with Crippen molar-refractivity contribution in [2.24, 2.45) is 0 Å². The minimum atomic E-state index is -0.955. The zero-order valence-electron chi connectivity index (χ0n) is 26.0. The predicted octanol–water partition coefficient (Wildman–Crippen LogP) is 6.33. The summed E-state index contributed by atoms with van der Waals surface area (Å²) >= 11 is 0. The first-order chi connectivity index (χ1) is 20.5. The first-order valence-corrected chi connectivity index (χ1v) is 14.9. The van der Waals surface area contributed by atoms with Crippen molar-refractivity contribution < 1.29 is 19.1 Å². The van der Waals surface area contributed by atoms with Crippen LogP contribution in [0.3, 0.4) is 0 Å². The van der Waals surface area contributed by atoms with Gasteiger partial charge in [-0.2, -0.15) is 0 Å². The zero-order valence-corrected chi connectivity index (χ0v) is 26.0. The first kappa shape index (κ1) is 28.9. The van der Waals surface area contributed by atoms with Gasteiger partial charge in [-0.25, -0.2) is 4.79 Å². The predicted molar refractivity (Wildman–Crippen MR) is 168 cm³/mol. The largest absolute Gasteiger partial charge is 0.467 e.